The summed E-state index contributed by atoms with van der Waals surface area (Å²) in [7, 11) is -3.17. The predicted molar refractivity (Wildman–Crippen MR) is 82.0 cm³/mol. The lowest BCUT2D eigenvalue weighted by molar-refractivity contribution is 0.547. The van der Waals surface area contributed by atoms with Gasteiger partial charge in [0.05, 0.1) is 5.25 Å². The molecule has 1 unspecified atom stereocenters. The number of halogens is 1. The number of alkyl halides is 1. The largest absolute Gasteiger partial charge is 0.214 e. The fraction of sp³-hybridized carbons (Fsp3) is 0.571. The van der Waals surface area contributed by atoms with Gasteiger partial charge >= 0.3 is 0 Å². The summed E-state index contributed by atoms with van der Waals surface area (Å²) in [5.74, 6) is 0. The monoisotopic (exact) mass is 345 g/mol. The van der Waals surface area contributed by atoms with Crippen LogP contribution in [0.2, 0.25) is 0 Å². The maximum Gasteiger partial charge on any atom is 0.214 e. The Morgan fingerprint density at radius 1 is 1.21 bits per heavy atom. The molecule has 2 rings (SSSR count). The maximum atomic E-state index is 12.3. The zero-order valence-corrected chi connectivity index (χ0v) is 13.3. The van der Waals surface area contributed by atoms with Gasteiger partial charge in [-0.15, -0.1) is 0 Å². The number of hydrogen-bond acceptors (Lipinski definition) is 2. The number of nitrogens with one attached hydrogen (secondary N) is 1. The summed E-state index contributed by atoms with van der Waals surface area (Å²) in [4.78, 5) is 0. The molecule has 1 aromatic rings. The number of benzene rings is 1. The van der Waals surface area contributed by atoms with Crippen LogP contribution in [-0.2, 0) is 16.4 Å². The average molecular weight is 346 g/mol. The van der Waals surface area contributed by atoms with Gasteiger partial charge in [0.25, 0.3) is 0 Å². The van der Waals surface area contributed by atoms with Crippen molar-refractivity contribution in [3.8, 4) is 0 Å². The molecule has 5 heteroatoms. The van der Waals surface area contributed by atoms with Crippen molar-refractivity contribution in [3.63, 3.8) is 0 Å². The van der Waals surface area contributed by atoms with Crippen LogP contribution < -0.4 is 4.72 Å². The van der Waals surface area contributed by atoms with Crippen LogP contribution in [0.3, 0.4) is 0 Å². The van der Waals surface area contributed by atoms with Crippen molar-refractivity contribution in [2.45, 2.75) is 43.4 Å². The van der Waals surface area contributed by atoms with Crippen LogP contribution in [0.1, 0.15) is 31.2 Å². The lowest BCUT2D eigenvalue weighted by Gasteiger charge is -2.19. The Bertz CT molecular complexity index is 483. The number of rotatable bonds is 6. The van der Waals surface area contributed by atoms with Crippen molar-refractivity contribution in [2.75, 3.05) is 5.33 Å². The molecular weight excluding hydrogens is 326 g/mol. The predicted octanol–water partition coefficient (Wildman–Crippen LogP) is 2.85. The minimum Gasteiger partial charge on any atom is -0.212 e. The first-order valence-electron chi connectivity index (χ1n) is 6.73. The summed E-state index contributed by atoms with van der Waals surface area (Å²) in [6.45, 7) is 0. The van der Waals surface area contributed by atoms with Gasteiger partial charge in [0, 0.05) is 11.4 Å². The molecule has 19 heavy (non-hydrogen) atoms. The summed E-state index contributed by atoms with van der Waals surface area (Å²) in [5.41, 5.74) is 1.15. The van der Waals surface area contributed by atoms with E-state index in [0.29, 0.717) is 5.33 Å². The van der Waals surface area contributed by atoms with Crippen LogP contribution >= 0.6 is 15.9 Å². The molecule has 0 saturated heterocycles. The van der Waals surface area contributed by atoms with Crippen LogP contribution in [0.15, 0.2) is 30.3 Å². The molecule has 0 bridgehead atoms. The van der Waals surface area contributed by atoms with Crippen molar-refractivity contribution in [1.82, 2.24) is 4.72 Å². The van der Waals surface area contributed by atoms with Crippen molar-refractivity contribution in [2.24, 2.45) is 0 Å². The Morgan fingerprint density at radius 2 is 1.84 bits per heavy atom. The van der Waals surface area contributed by atoms with Crippen molar-refractivity contribution in [1.29, 1.82) is 0 Å². The second-order valence-corrected chi connectivity index (χ2v) is 7.75. The molecule has 0 aromatic heterocycles. The van der Waals surface area contributed by atoms with Gasteiger partial charge in [-0.3, -0.25) is 0 Å². The molecule has 1 atom stereocenters. The maximum absolute atomic E-state index is 12.3. The molecule has 1 saturated carbocycles. The first kappa shape index (κ1) is 15.0. The zero-order valence-electron chi connectivity index (χ0n) is 10.9. The van der Waals surface area contributed by atoms with Crippen molar-refractivity contribution < 1.29 is 8.42 Å². The highest BCUT2D eigenvalue weighted by Gasteiger charge is 2.30. The van der Waals surface area contributed by atoms with Gasteiger partial charge in [-0.2, -0.15) is 0 Å². The standard InChI is InChI=1S/C14H20BrNO2S/c15-11-13(10-12-6-2-1-3-7-12)16-19(17,18)14-8-4-5-9-14/h1-3,6-7,13-14,16H,4-5,8-11H2. The first-order chi connectivity index (χ1) is 9.12. The first-order valence-corrected chi connectivity index (χ1v) is 9.39. The fourth-order valence-corrected chi connectivity index (χ4v) is 4.94. The zero-order chi connectivity index (χ0) is 13.7. The Balaban J connectivity index is 1.98. The van der Waals surface area contributed by atoms with Gasteiger partial charge in [0.1, 0.15) is 0 Å². The van der Waals surface area contributed by atoms with Crippen LogP contribution in [-0.4, -0.2) is 25.0 Å². The lowest BCUT2D eigenvalue weighted by Crippen LogP contribution is -2.42. The van der Waals surface area contributed by atoms with Crippen LogP contribution in [0.4, 0.5) is 0 Å². The smallest absolute Gasteiger partial charge is 0.212 e. The molecule has 1 aliphatic carbocycles. The summed E-state index contributed by atoms with van der Waals surface area (Å²) >= 11 is 3.41. The van der Waals surface area contributed by atoms with E-state index in [4.69, 9.17) is 0 Å². The Labute approximate surface area is 124 Å². The highest BCUT2D eigenvalue weighted by atomic mass is 79.9. The minimum atomic E-state index is -3.17. The SMILES string of the molecule is O=S(=O)(NC(CBr)Cc1ccccc1)C1CCCC1. The van der Waals surface area contributed by atoms with E-state index >= 15 is 0 Å². The molecule has 0 spiro atoms. The van der Waals surface area contributed by atoms with E-state index < -0.39 is 10.0 Å². The van der Waals surface area contributed by atoms with Crippen LogP contribution in [0.25, 0.3) is 0 Å². The minimum absolute atomic E-state index is 0.0759. The molecule has 0 aliphatic heterocycles. The topological polar surface area (TPSA) is 46.2 Å². The van der Waals surface area contributed by atoms with E-state index in [0.717, 1.165) is 37.7 Å². The van der Waals surface area contributed by atoms with Crippen LogP contribution in [0, 0.1) is 0 Å². The molecule has 0 heterocycles. The van der Waals surface area contributed by atoms with Gasteiger partial charge < -0.3 is 0 Å². The third-order valence-electron chi connectivity index (χ3n) is 3.58. The van der Waals surface area contributed by atoms with E-state index in [-0.39, 0.29) is 11.3 Å². The molecule has 3 nitrogen and oxygen atoms in total. The van der Waals surface area contributed by atoms with Gasteiger partial charge in [-0.05, 0) is 24.8 Å². The summed E-state index contributed by atoms with van der Waals surface area (Å²) in [6.07, 6.45) is 4.38. The highest BCUT2D eigenvalue weighted by Crippen LogP contribution is 2.24. The van der Waals surface area contributed by atoms with Crippen LogP contribution in [0.5, 0.6) is 0 Å². The second-order valence-electron chi connectivity index (χ2n) is 5.11. The normalized spacial score (nSPS) is 18.6. The quantitative estimate of drug-likeness (QED) is 0.805. The molecular formula is C14H20BrNO2S. The Hall–Kier alpha value is -0.390. The molecule has 0 amide bonds. The fourth-order valence-electron chi connectivity index (χ4n) is 2.55. The summed E-state index contributed by atoms with van der Waals surface area (Å²) < 4.78 is 27.4. The molecule has 1 aliphatic rings. The van der Waals surface area contributed by atoms with Crippen molar-refractivity contribution >= 4 is 26.0 Å². The molecule has 1 fully saturated rings. The van der Waals surface area contributed by atoms with Gasteiger partial charge in [0.15, 0.2) is 0 Å². The Morgan fingerprint density at radius 3 is 2.42 bits per heavy atom. The van der Waals surface area contributed by atoms with Gasteiger partial charge in [-0.25, -0.2) is 13.1 Å². The summed E-state index contributed by atoms with van der Waals surface area (Å²) in [6, 6.07) is 9.90. The van der Waals surface area contributed by atoms with E-state index in [9.17, 15) is 8.42 Å². The van der Waals surface area contributed by atoms with E-state index in [1.165, 1.54) is 0 Å². The third-order valence-corrected chi connectivity index (χ3v) is 6.38. The third kappa shape index (κ3) is 4.29. The molecule has 1 aromatic carbocycles. The Kier molecular flexibility index (Phi) is 5.42. The second kappa shape index (κ2) is 6.86. The lowest BCUT2D eigenvalue weighted by atomic mass is 10.1. The molecule has 106 valence electrons. The molecule has 0 radical (unpaired) electrons. The van der Waals surface area contributed by atoms with Crippen molar-refractivity contribution in [3.05, 3.63) is 35.9 Å². The number of sulfonamides is 1. The highest BCUT2D eigenvalue weighted by molar-refractivity contribution is 9.09. The number of hydrogen-bond donors (Lipinski definition) is 1. The summed E-state index contributed by atoms with van der Waals surface area (Å²) in [5, 5.41) is 0.443. The van der Waals surface area contributed by atoms with E-state index in [2.05, 4.69) is 20.7 Å². The van der Waals surface area contributed by atoms with E-state index in [1.54, 1.807) is 0 Å². The van der Waals surface area contributed by atoms with E-state index in [1.807, 2.05) is 30.3 Å². The molecule has 1 N–H and O–H groups in total. The average Bonchev–Trinajstić information content (AvgIpc) is 2.93. The van der Waals surface area contributed by atoms with Gasteiger partial charge in [0.2, 0.25) is 10.0 Å². The van der Waals surface area contributed by atoms with Gasteiger partial charge in [-0.1, -0.05) is 59.1 Å².